The van der Waals surface area contributed by atoms with Gasteiger partial charge in [-0.05, 0) is 17.5 Å². The molecule has 2 aromatic heterocycles. The smallest absolute Gasteiger partial charge is 0.100 e. The Labute approximate surface area is 106 Å². The third-order valence-corrected chi connectivity index (χ3v) is 4.43. The third-order valence-electron chi connectivity index (χ3n) is 2.02. The lowest BCUT2D eigenvalue weighted by molar-refractivity contribution is 0.180. The summed E-state index contributed by atoms with van der Waals surface area (Å²) in [6, 6.07) is 5.69. The van der Waals surface area contributed by atoms with Crippen LogP contribution >= 0.6 is 45.9 Å². The van der Waals surface area contributed by atoms with E-state index in [1.807, 2.05) is 17.5 Å². The molecule has 0 bridgehead atoms. The van der Waals surface area contributed by atoms with E-state index < -0.39 is 6.10 Å². The fourth-order valence-electron chi connectivity index (χ4n) is 1.31. The molecule has 1 atom stereocenters. The fraction of sp³-hybridized carbons (Fsp3) is 0.200. The second-order valence-corrected chi connectivity index (χ2v) is 6.40. The first kappa shape index (κ1) is 11.4. The summed E-state index contributed by atoms with van der Waals surface area (Å²) in [6.45, 7) is 0. The van der Waals surface area contributed by atoms with Crippen molar-refractivity contribution in [1.29, 1.82) is 0 Å². The average molecular weight is 279 g/mol. The summed E-state index contributed by atoms with van der Waals surface area (Å²) in [7, 11) is 0. The number of hydrogen-bond donors (Lipinski definition) is 1. The van der Waals surface area contributed by atoms with Crippen LogP contribution in [0.4, 0.5) is 0 Å². The number of aliphatic hydroxyl groups excluding tert-OH is 1. The van der Waals surface area contributed by atoms with Crippen molar-refractivity contribution in [2.75, 3.05) is 0 Å². The Kier molecular flexibility index (Phi) is 3.69. The number of hydrogen-bond acceptors (Lipinski definition) is 3. The van der Waals surface area contributed by atoms with Crippen molar-refractivity contribution in [3.63, 3.8) is 0 Å². The molecule has 80 valence electrons. The molecule has 2 heterocycles. The van der Waals surface area contributed by atoms with Crippen LogP contribution in [0.3, 0.4) is 0 Å². The van der Waals surface area contributed by atoms with E-state index in [9.17, 15) is 5.11 Å². The van der Waals surface area contributed by atoms with Crippen LogP contribution in [0.25, 0.3) is 0 Å². The topological polar surface area (TPSA) is 20.2 Å². The molecule has 0 aliphatic rings. The highest BCUT2D eigenvalue weighted by molar-refractivity contribution is 7.20. The SMILES string of the molecule is OC(Cc1cccs1)c1cc(Cl)sc1Cl. The molecule has 0 radical (unpaired) electrons. The van der Waals surface area contributed by atoms with Gasteiger partial charge in [0.1, 0.15) is 4.34 Å². The molecule has 5 heteroatoms. The number of thiophene rings is 2. The molecule has 0 aliphatic heterocycles. The Hall–Kier alpha value is -0.0600. The summed E-state index contributed by atoms with van der Waals surface area (Å²) in [5.74, 6) is 0. The van der Waals surface area contributed by atoms with E-state index in [1.54, 1.807) is 17.4 Å². The summed E-state index contributed by atoms with van der Waals surface area (Å²) in [4.78, 5) is 1.14. The molecule has 0 fully saturated rings. The maximum absolute atomic E-state index is 9.96. The molecule has 0 saturated heterocycles. The molecule has 0 spiro atoms. The van der Waals surface area contributed by atoms with Crippen LogP contribution in [0.5, 0.6) is 0 Å². The maximum Gasteiger partial charge on any atom is 0.100 e. The lowest BCUT2D eigenvalue weighted by Gasteiger charge is -2.07. The van der Waals surface area contributed by atoms with Gasteiger partial charge < -0.3 is 5.11 Å². The zero-order chi connectivity index (χ0) is 10.8. The zero-order valence-corrected chi connectivity index (χ0v) is 10.8. The van der Waals surface area contributed by atoms with E-state index in [0.29, 0.717) is 15.1 Å². The fourth-order valence-corrected chi connectivity index (χ4v) is 3.62. The second kappa shape index (κ2) is 4.85. The molecule has 1 N–H and O–H groups in total. The summed E-state index contributed by atoms with van der Waals surface area (Å²) in [6.07, 6.45) is 0.0182. The largest absolute Gasteiger partial charge is 0.388 e. The Balaban J connectivity index is 2.14. The van der Waals surface area contributed by atoms with Crippen LogP contribution in [0.15, 0.2) is 23.6 Å². The summed E-state index contributed by atoms with van der Waals surface area (Å²) < 4.78 is 1.18. The molecule has 0 aromatic carbocycles. The first-order valence-electron chi connectivity index (χ1n) is 4.32. The third kappa shape index (κ3) is 2.74. The minimum absolute atomic E-state index is 0.570. The monoisotopic (exact) mass is 278 g/mol. The van der Waals surface area contributed by atoms with E-state index in [0.717, 1.165) is 10.4 Å². The minimum atomic E-state index is -0.570. The molecule has 2 aromatic rings. The van der Waals surface area contributed by atoms with Gasteiger partial charge in [0.2, 0.25) is 0 Å². The molecular formula is C10H8Cl2OS2. The Morgan fingerprint density at radius 1 is 1.40 bits per heavy atom. The second-order valence-electron chi connectivity index (χ2n) is 3.08. The molecule has 1 unspecified atom stereocenters. The summed E-state index contributed by atoms with van der Waals surface area (Å²) >= 11 is 14.7. The van der Waals surface area contributed by atoms with E-state index >= 15 is 0 Å². The van der Waals surface area contributed by atoms with Crippen molar-refractivity contribution in [2.45, 2.75) is 12.5 Å². The highest BCUT2D eigenvalue weighted by atomic mass is 35.5. The van der Waals surface area contributed by atoms with Gasteiger partial charge in [-0.25, -0.2) is 0 Å². The molecule has 2 rings (SSSR count). The summed E-state index contributed by atoms with van der Waals surface area (Å²) in [5, 5.41) is 11.9. The Bertz CT molecular complexity index is 436. The number of rotatable bonds is 3. The van der Waals surface area contributed by atoms with Crippen molar-refractivity contribution >= 4 is 45.9 Å². The van der Waals surface area contributed by atoms with Gasteiger partial charge in [-0.3, -0.25) is 0 Å². The number of aliphatic hydroxyl groups is 1. The highest BCUT2D eigenvalue weighted by Crippen LogP contribution is 2.36. The van der Waals surface area contributed by atoms with Crippen molar-refractivity contribution in [1.82, 2.24) is 0 Å². The van der Waals surface area contributed by atoms with Gasteiger partial charge in [0.05, 0.1) is 10.4 Å². The molecular weight excluding hydrogens is 271 g/mol. The molecule has 0 aliphatic carbocycles. The lowest BCUT2D eigenvalue weighted by Crippen LogP contribution is -1.99. The van der Waals surface area contributed by atoms with Gasteiger partial charge in [-0.15, -0.1) is 22.7 Å². The van der Waals surface area contributed by atoms with Crippen LogP contribution in [0, 0.1) is 0 Å². The predicted molar refractivity (Wildman–Crippen MR) is 67.3 cm³/mol. The first-order valence-corrected chi connectivity index (χ1v) is 6.77. The van der Waals surface area contributed by atoms with E-state index in [-0.39, 0.29) is 0 Å². The van der Waals surface area contributed by atoms with Crippen LogP contribution in [0.2, 0.25) is 8.67 Å². The lowest BCUT2D eigenvalue weighted by atomic mass is 10.1. The van der Waals surface area contributed by atoms with Gasteiger partial charge in [-0.1, -0.05) is 29.3 Å². The van der Waals surface area contributed by atoms with E-state index in [4.69, 9.17) is 23.2 Å². The van der Waals surface area contributed by atoms with Crippen LogP contribution < -0.4 is 0 Å². The van der Waals surface area contributed by atoms with Gasteiger partial charge in [-0.2, -0.15) is 0 Å². The predicted octanol–water partition coefficient (Wildman–Crippen LogP) is 4.39. The molecule has 0 amide bonds. The zero-order valence-electron chi connectivity index (χ0n) is 7.61. The highest BCUT2D eigenvalue weighted by Gasteiger charge is 2.15. The van der Waals surface area contributed by atoms with Gasteiger partial charge >= 0.3 is 0 Å². The Morgan fingerprint density at radius 3 is 2.73 bits per heavy atom. The summed E-state index contributed by atoms with van der Waals surface area (Å²) in [5.41, 5.74) is 0.722. The Morgan fingerprint density at radius 2 is 2.20 bits per heavy atom. The van der Waals surface area contributed by atoms with Crippen LogP contribution in [-0.4, -0.2) is 5.11 Å². The van der Waals surface area contributed by atoms with E-state index in [2.05, 4.69) is 0 Å². The van der Waals surface area contributed by atoms with Crippen molar-refractivity contribution in [3.05, 3.63) is 42.7 Å². The van der Waals surface area contributed by atoms with Crippen molar-refractivity contribution < 1.29 is 5.11 Å². The van der Waals surface area contributed by atoms with Gasteiger partial charge in [0.25, 0.3) is 0 Å². The van der Waals surface area contributed by atoms with Crippen LogP contribution in [-0.2, 0) is 6.42 Å². The quantitative estimate of drug-likeness (QED) is 0.883. The average Bonchev–Trinajstić information content (AvgIpc) is 2.75. The van der Waals surface area contributed by atoms with Crippen molar-refractivity contribution in [2.24, 2.45) is 0 Å². The van der Waals surface area contributed by atoms with Gasteiger partial charge in [0, 0.05) is 16.9 Å². The number of halogens is 2. The maximum atomic E-state index is 9.96. The van der Waals surface area contributed by atoms with Gasteiger partial charge in [0.15, 0.2) is 0 Å². The normalized spacial score (nSPS) is 13.0. The van der Waals surface area contributed by atoms with Crippen LogP contribution in [0.1, 0.15) is 16.5 Å². The minimum Gasteiger partial charge on any atom is -0.388 e. The molecule has 15 heavy (non-hydrogen) atoms. The van der Waals surface area contributed by atoms with Crippen molar-refractivity contribution in [3.8, 4) is 0 Å². The molecule has 1 nitrogen and oxygen atoms in total. The molecule has 0 saturated carbocycles. The van der Waals surface area contributed by atoms with E-state index in [1.165, 1.54) is 11.3 Å². The standard InChI is InChI=1S/C10H8Cl2OS2/c11-9-5-7(10(12)15-9)8(13)4-6-2-1-3-14-6/h1-3,5,8,13H,4H2. The first-order chi connectivity index (χ1) is 7.16.